The number of nitrogens with zero attached hydrogens (tertiary/aromatic N) is 5. The van der Waals surface area contributed by atoms with Gasteiger partial charge in [0.2, 0.25) is 0 Å². The quantitative estimate of drug-likeness (QED) is 0.120. The number of rotatable bonds is 12. The monoisotopic (exact) mass is 564 g/mol. The van der Waals surface area contributed by atoms with Crippen molar-refractivity contribution in [3.8, 4) is 28.6 Å². The Bertz CT molecular complexity index is 1570. The summed E-state index contributed by atoms with van der Waals surface area (Å²) in [5.74, 6) is 1.99. The van der Waals surface area contributed by atoms with E-state index >= 15 is 0 Å². The summed E-state index contributed by atoms with van der Waals surface area (Å²) in [5, 5.41) is 13.4. The molecular formula is C31H28N6O3S. The number of carbonyl (C=O) groups excluding carboxylic acids is 1. The van der Waals surface area contributed by atoms with Gasteiger partial charge in [-0.2, -0.15) is 5.10 Å². The lowest BCUT2D eigenvalue weighted by atomic mass is 10.2. The van der Waals surface area contributed by atoms with Crippen molar-refractivity contribution in [1.82, 2.24) is 25.2 Å². The second kappa shape index (κ2) is 13.9. The predicted octanol–water partition coefficient (Wildman–Crippen LogP) is 5.55. The maximum Gasteiger partial charge on any atom is 0.250 e. The van der Waals surface area contributed by atoms with E-state index in [2.05, 4.69) is 25.7 Å². The van der Waals surface area contributed by atoms with E-state index in [-0.39, 0.29) is 11.7 Å². The summed E-state index contributed by atoms with van der Waals surface area (Å²) in [4.78, 5) is 16.8. The molecule has 206 valence electrons. The van der Waals surface area contributed by atoms with Crippen molar-refractivity contribution < 1.29 is 14.3 Å². The molecule has 2 aromatic heterocycles. The number of aromatic nitrogens is 4. The first kappa shape index (κ1) is 27.6. The van der Waals surface area contributed by atoms with Crippen molar-refractivity contribution in [3.05, 3.63) is 115 Å². The summed E-state index contributed by atoms with van der Waals surface area (Å²) >= 11 is 1.27. The molecule has 0 saturated carbocycles. The minimum absolute atomic E-state index is 0.103. The van der Waals surface area contributed by atoms with Crippen LogP contribution in [0.5, 0.6) is 11.5 Å². The molecule has 10 heteroatoms. The molecule has 0 aliphatic heterocycles. The van der Waals surface area contributed by atoms with E-state index in [9.17, 15) is 4.79 Å². The Labute approximate surface area is 242 Å². The molecule has 5 rings (SSSR count). The van der Waals surface area contributed by atoms with Crippen LogP contribution in [0, 0.1) is 0 Å². The van der Waals surface area contributed by atoms with Gasteiger partial charge in [0, 0.05) is 23.6 Å². The maximum absolute atomic E-state index is 12.6. The van der Waals surface area contributed by atoms with E-state index in [1.165, 1.54) is 11.8 Å². The molecule has 0 fully saturated rings. The molecule has 0 spiro atoms. The van der Waals surface area contributed by atoms with Crippen LogP contribution < -0.4 is 14.9 Å². The van der Waals surface area contributed by atoms with Gasteiger partial charge in [0.15, 0.2) is 11.0 Å². The third kappa shape index (κ3) is 7.58. The molecule has 1 amide bonds. The zero-order valence-electron chi connectivity index (χ0n) is 22.4. The molecule has 0 aliphatic rings. The first-order chi connectivity index (χ1) is 20.2. The van der Waals surface area contributed by atoms with Gasteiger partial charge in [0.1, 0.15) is 18.1 Å². The first-order valence-electron chi connectivity index (χ1n) is 13.0. The van der Waals surface area contributed by atoms with E-state index in [1.807, 2.05) is 102 Å². The summed E-state index contributed by atoms with van der Waals surface area (Å²) in [6.45, 7) is 3.02. The average molecular weight is 565 g/mol. The molecule has 0 atom stereocenters. The van der Waals surface area contributed by atoms with Crippen LogP contribution in [-0.2, 0) is 11.4 Å². The maximum atomic E-state index is 12.6. The van der Waals surface area contributed by atoms with Gasteiger partial charge < -0.3 is 9.47 Å². The van der Waals surface area contributed by atoms with Crippen LogP contribution in [-0.4, -0.2) is 44.2 Å². The number of thioether (sulfide) groups is 1. The lowest BCUT2D eigenvalue weighted by molar-refractivity contribution is -0.118. The van der Waals surface area contributed by atoms with Crippen LogP contribution in [0.4, 0.5) is 0 Å². The topological polar surface area (TPSA) is 104 Å². The molecule has 0 unspecified atom stereocenters. The number of ether oxygens (including phenoxy) is 2. The highest BCUT2D eigenvalue weighted by Crippen LogP contribution is 2.28. The Morgan fingerprint density at radius 2 is 1.68 bits per heavy atom. The normalized spacial score (nSPS) is 11.0. The smallest absolute Gasteiger partial charge is 0.250 e. The van der Waals surface area contributed by atoms with Gasteiger partial charge in [-0.25, -0.2) is 5.43 Å². The molecule has 3 aromatic carbocycles. The Morgan fingerprint density at radius 1 is 0.927 bits per heavy atom. The highest BCUT2D eigenvalue weighted by molar-refractivity contribution is 7.99. The molecular weight excluding hydrogens is 536 g/mol. The Morgan fingerprint density at radius 3 is 2.41 bits per heavy atom. The molecule has 41 heavy (non-hydrogen) atoms. The summed E-state index contributed by atoms with van der Waals surface area (Å²) in [6.07, 6.45) is 5.02. The fourth-order valence-corrected chi connectivity index (χ4v) is 4.61. The Kier molecular flexibility index (Phi) is 9.36. The molecule has 0 saturated heterocycles. The summed E-state index contributed by atoms with van der Waals surface area (Å²) in [7, 11) is 0. The van der Waals surface area contributed by atoms with Gasteiger partial charge in [0.05, 0.1) is 18.6 Å². The molecule has 2 heterocycles. The number of benzene rings is 3. The summed E-state index contributed by atoms with van der Waals surface area (Å²) in [5.41, 5.74) is 6.17. The zero-order valence-corrected chi connectivity index (χ0v) is 23.2. The number of nitrogens with one attached hydrogen (secondary N) is 1. The fourth-order valence-electron chi connectivity index (χ4n) is 3.87. The van der Waals surface area contributed by atoms with Crippen molar-refractivity contribution in [1.29, 1.82) is 0 Å². The third-order valence-electron chi connectivity index (χ3n) is 5.82. The van der Waals surface area contributed by atoms with Gasteiger partial charge in [-0.3, -0.25) is 14.3 Å². The highest BCUT2D eigenvalue weighted by Gasteiger charge is 2.17. The van der Waals surface area contributed by atoms with Crippen LogP contribution in [0.3, 0.4) is 0 Å². The van der Waals surface area contributed by atoms with Crippen molar-refractivity contribution in [2.75, 3.05) is 12.4 Å². The summed E-state index contributed by atoms with van der Waals surface area (Å²) in [6, 6.07) is 28.9. The molecule has 9 nitrogen and oxygen atoms in total. The largest absolute Gasteiger partial charge is 0.494 e. The average Bonchev–Trinajstić information content (AvgIpc) is 3.45. The fraction of sp³-hybridized carbons (Fsp3) is 0.129. The Balaban J connectivity index is 1.19. The van der Waals surface area contributed by atoms with Crippen LogP contribution in [0.25, 0.3) is 17.1 Å². The van der Waals surface area contributed by atoms with Gasteiger partial charge in [-0.1, -0.05) is 42.1 Å². The van der Waals surface area contributed by atoms with E-state index in [4.69, 9.17) is 9.47 Å². The lowest BCUT2D eigenvalue weighted by Gasteiger charge is -2.11. The van der Waals surface area contributed by atoms with Gasteiger partial charge in [-0.05, 0) is 78.7 Å². The van der Waals surface area contributed by atoms with Crippen molar-refractivity contribution in [2.24, 2.45) is 5.10 Å². The molecule has 0 bridgehead atoms. The standard InChI is InChI=1S/C31H28N6O3S/c1-2-39-27-16-12-26(13-17-27)37-30(25-9-6-18-32-20-25)35-36-31(37)41-22-29(38)34-33-19-23-10-14-28(15-11-23)40-21-24-7-4-3-5-8-24/h3-20H,2,21-22H2,1H3,(H,34,38)/b33-19+. The van der Waals surface area contributed by atoms with Crippen molar-refractivity contribution in [2.45, 2.75) is 18.7 Å². The van der Waals surface area contributed by atoms with E-state index in [0.717, 1.165) is 33.9 Å². The van der Waals surface area contributed by atoms with Gasteiger partial charge in [0.25, 0.3) is 5.91 Å². The molecule has 0 aliphatic carbocycles. The van der Waals surface area contributed by atoms with E-state index in [1.54, 1.807) is 18.6 Å². The van der Waals surface area contributed by atoms with E-state index < -0.39 is 0 Å². The third-order valence-corrected chi connectivity index (χ3v) is 6.75. The SMILES string of the molecule is CCOc1ccc(-n2c(SCC(=O)N/N=C/c3ccc(OCc4ccccc4)cc3)nnc2-c2cccnc2)cc1. The number of pyridine rings is 1. The highest BCUT2D eigenvalue weighted by atomic mass is 32.2. The van der Waals surface area contributed by atoms with Crippen molar-refractivity contribution in [3.63, 3.8) is 0 Å². The van der Waals surface area contributed by atoms with Crippen molar-refractivity contribution >= 4 is 23.9 Å². The van der Waals surface area contributed by atoms with Gasteiger partial charge >= 0.3 is 0 Å². The minimum Gasteiger partial charge on any atom is -0.494 e. The van der Waals surface area contributed by atoms with Crippen LogP contribution in [0.2, 0.25) is 0 Å². The first-order valence-corrected chi connectivity index (χ1v) is 14.0. The Hall–Kier alpha value is -4.96. The predicted molar refractivity (Wildman–Crippen MR) is 159 cm³/mol. The summed E-state index contributed by atoms with van der Waals surface area (Å²) < 4.78 is 13.3. The lowest BCUT2D eigenvalue weighted by Crippen LogP contribution is -2.20. The number of hydrazone groups is 1. The van der Waals surface area contributed by atoms with E-state index in [0.29, 0.717) is 24.2 Å². The van der Waals surface area contributed by atoms with Crippen LogP contribution in [0.1, 0.15) is 18.1 Å². The minimum atomic E-state index is -0.266. The number of carbonyl (C=O) groups is 1. The number of amides is 1. The zero-order chi connectivity index (χ0) is 28.3. The van der Waals surface area contributed by atoms with Crippen LogP contribution >= 0.6 is 11.8 Å². The molecule has 1 N–H and O–H groups in total. The number of hydrogen-bond donors (Lipinski definition) is 1. The second-order valence-corrected chi connectivity index (χ2v) is 9.68. The van der Waals surface area contributed by atoms with Gasteiger partial charge in [-0.15, -0.1) is 10.2 Å². The van der Waals surface area contributed by atoms with Crippen LogP contribution in [0.15, 0.2) is 114 Å². The molecule has 0 radical (unpaired) electrons. The molecule has 5 aromatic rings. The number of hydrogen-bond acceptors (Lipinski definition) is 8. The second-order valence-electron chi connectivity index (χ2n) is 8.74.